The van der Waals surface area contributed by atoms with E-state index in [1.807, 2.05) is 0 Å². The van der Waals surface area contributed by atoms with Crippen molar-refractivity contribution in [2.75, 3.05) is 6.54 Å². The van der Waals surface area contributed by atoms with E-state index in [4.69, 9.17) is 0 Å². The number of hydrogen-bond donors (Lipinski definition) is 1. The van der Waals surface area contributed by atoms with E-state index >= 15 is 0 Å². The summed E-state index contributed by atoms with van der Waals surface area (Å²) in [5.74, 6) is 1.02. The fourth-order valence-corrected chi connectivity index (χ4v) is 3.79. The third-order valence-corrected chi connectivity index (χ3v) is 4.92. The first-order valence-corrected chi connectivity index (χ1v) is 6.62. The summed E-state index contributed by atoms with van der Waals surface area (Å²) in [5.41, 5.74) is 0.804. The largest absolute Gasteiger partial charge is 0.313 e. The van der Waals surface area contributed by atoms with Gasteiger partial charge in [0.1, 0.15) is 0 Å². The van der Waals surface area contributed by atoms with Crippen LogP contribution >= 0.6 is 0 Å². The molecule has 3 fully saturated rings. The van der Waals surface area contributed by atoms with Gasteiger partial charge in [0.25, 0.3) is 0 Å². The first-order valence-electron chi connectivity index (χ1n) is 6.62. The van der Waals surface area contributed by atoms with Crippen LogP contribution in [0.25, 0.3) is 0 Å². The van der Waals surface area contributed by atoms with Gasteiger partial charge in [-0.05, 0) is 50.0 Å². The molecule has 1 atom stereocenters. The van der Waals surface area contributed by atoms with Crippen LogP contribution in [0, 0.1) is 11.3 Å². The minimum absolute atomic E-state index is 0.804. The lowest BCUT2D eigenvalue weighted by Crippen LogP contribution is -2.26. The van der Waals surface area contributed by atoms with E-state index in [9.17, 15) is 0 Å². The monoisotopic (exact) mass is 193 g/mol. The van der Waals surface area contributed by atoms with Crippen molar-refractivity contribution in [2.45, 2.75) is 63.8 Å². The molecule has 0 saturated heterocycles. The Morgan fingerprint density at radius 1 is 1.00 bits per heavy atom. The normalized spacial score (nSPS) is 35.6. The summed E-state index contributed by atoms with van der Waals surface area (Å²) in [4.78, 5) is 0. The quantitative estimate of drug-likeness (QED) is 0.726. The van der Waals surface area contributed by atoms with E-state index in [0.29, 0.717) is 0 Å². The van der Waals surface area contributed by atoms with Crippen LogP contribution in [0.5, 0.6) is 0 Å². The smallest absolute Gasteiger partial charge is 0.0130 e. The molecule has 1 heteroatoms. The molecule has 0 aromatic rings. The molecule has 3 aliphatic rings. The van der Waals surface area contributed by atoms with E-state index in [1.54, 1.807) is 0 Å². The van der Waals surface area contributed by atoms with Crippen molar-refractivity contribution in [2.24, 2.45) is 11.3 Å². The van der Waals surface area contributed by atoms with Gasteiger partial charge in [0, 0.05) is 6.04 Å². The Morgan fingerprint density at radius 3 is 2.43 bits per heavy atom. The maximum absolute atomic E-state index is 3.83. The predicted molar refractivity (Wildman–Crippen MR) is 59.3 cm³/mol. The number of nitrogens with one attached hydrogen (secondary N) is 1. The average Bonchev–Trinajstić information content (AvgIpc) is 2.63. The van der Waals surface area contributed by atoms with Crippen molar-refractivity contribution in [1.29, 1.82) is 0 Å². The van der Waals surface area contributed by atoms with Crippen LogP contribution in [-0.2, 0) is 0 Å². The summed E-state index contributed by atoms with van der Waals surface area (Å²) in [6.45, 7) is 1.33. The third-order valence-electron chi connectivity index (χ3n) is 4.92. The van der Waals surface area contributed by atoms with Crippen LogP contribution in [0.3, 0.4) is 0 Å². The molecule has 14 heavy (non-hydrogen) atoms. The zero-order chi connectivity index (χ0) is 9.43. The lowest BCUT2D eigenvalue weighted by molar-refractivity contribution is 0.428. The molecule has 0 aromatic carbocycles. The highest BCUT2D eigenvalue weighted by molar-refractivity contribution is 5.09. The van der Waals surface area contributed by atoms with Crippen molar-refractivity contribution in [3.63, 3.8) is 0 Å². The molecule has 0 aliphatic heterocycles. The van der Waals surface area contributed by atoms with Gasteiger partial charge in [-0.15, -0.1) is 0 Å². The first-order chi connectivity index (χ1) is 6.89. The third kappa shape index (κ3) is 1.60. The molecule has 1 N–H and O–H groups in total. The predicted octanol–water partition coefficient (Wildman–Crippen LogP) is 3.10. The molecule has 80 valence electrons. The highest BCUT2D eigenvalue weighted by Crippen LogP contribution is 2.57. The molecule has 0 radical (unpaired) electrons. The molecule has 0 heterocycles. The molecule has 3 saturated carbocycles. The van der Waals surface area contributed by atoms with Gasteiger partial charge in [0.2, 0.25) is 0 Å². The minimum Gasteiger partial charge on any atom is -0.313 e. The summed E-state index contributed by atoms with van der Waals surface area (Å²) in [6, 6.07) is 0.922. The summed E-state index contributed by atoms with van der Waals surface area (Å²) in [6.07, 6.45) is 13.5. The maximum atomic E-state index is 3.83. The van der Waals surface area contributed by atoms with Gasteiger partial charge in [-0.3, -0.25) is 0 Å². The van der Waals surface area contributed by atoms with Crippen molar-refractivity contribution in [1.82, 2.24) is 5.32 Å². The van der Waals surface area contributed by atoms with Crippen molar-refractivity contribution < 1.29 is 0 Å². The van der Waals surface area contributed by atoms with E-state index in [2.05, 4.69) is 5.32 Å². The van der Waals surface area contributed by atoms with E-state index in [0.717, 1.165) is 17.4 Å². The summed E-state index contributed by atoms with van der Waals surface area (Å²) in [5, 5.41) is 3.83. The van der Waals surface area contributed by atoms with Gasteiger partial charge in [0.05, 0.1) is 0 Å². The van der Waals surface area contributed by atoms with Gasteiger partial charge in [-0.1, -0.05) is 25.7 Å². The molecular weight excluding hydrogens is 170 g/mol. The topological polar surface area (TPSA) is 12.0 Å². The highest BCUT2D eigenvalue weighted by atomic mass is 15.0. The van der Waals surface area contributed by atoms with Crippen LogP contribution in [0.4, 0.5) is 0 Å². The molecule has 1 nitrogen and oxygen atoms in total. The Kier molecular flexibility index (Phi) is 2.31. The fourth-order valence-electron chi connectivity index (χ4n) is 3.79. The van der Waals surface area contributed by atoms with Crippen LogP contribution < -0.4 is 5.32 Å². The summed E-state index contributed by atoms with van der Waals surface area (Å²) >= 11 is 0. The molecular formula is C13H23N. The zero-order valence-corrected chi connectivity index (χ0v) is 9.23. The Labute approximate surface area is 87.7 Å². The molecule has 0 amide bonds. The van der Waals surface area contributed by atoms with Crippen LogP contribution in [0.15, 0.2) is 0 Å². The van der Waals surface area contributed by atoms with Crippen LogP contribution in [-0.4, -0.2) is 12.6 Å². The van der Waals surface area contributed by atoms with Gasteiger partial charge < -0.3 is 5.32 Å². The minimum atomic E-state index is 0.804. The van der Waals surface area contributed by atoms with Crippen molar-refractivity contribution in [3.05, 3.63) is 0 Å². The Balaban J connectivity index is 1.42. The highest BCUT2D eigenvalue weighted by Gasteiger charge is 2.54. The molecule has 0 aromatic heterocycles. The van der Waals surface area contributed by atoms with Crippen molar-refractivity contribution >= 4 is 0 Å². The van der Waals surface area contributed by atoms with E-state index in [1.165, 1.54) is 64.3 Å². The fraction of sp³-hybridized carbons (Fsp3) is 1.00. The Hall–Kier alpha value is -0.0400. The SMILES string of the molecule is C1CCC(CNC2CC23CCCC3)C1. The van der Waals surface area contributed by atoms with Gasteiger partial charge >= 0.3 is 0 Å². The molecule has 1 spiro atoms. The van der Waals surface area contributed by atoms with E-state index < -0.39 is 0 Å². The first kappa shape index (κ1) is 9.21. The number of rotatable bonds is 3. The zero-order valence-electron chi connectivity index (χ0n) is 9.23. The Bertz CT molecular complexity index is 199. The van der Waals surface area contributed by atoms with Gasteiger partial charge in [-0.2, -0.15) is 0 Å². The summed E-state index contributed by atoms with van der Waals surface area (Å²) in [7, 11) is 0. The second-order valence-electron chi connectivity index (χ2n) is 5.88. The van der Waals surface area contributed by atoms with Crippen molar-refractivity contribution in [3.8, 4) is 0 Å². The standard InChI is InChI=1S/C13H23N/c1-2-6-11(5-1)10-14-12-9-13(12)7-3-4-8-13/h11-12,14H,1-10H2. The van der Waals surface area contributed by atoms with E-state index in [-0.39, 0.29) is 0 Å². The molecule has 0 bridgehead atoms. The number of hydrogen-bond acceptors (Lipinski definition) is 1. The van der Waals surface area contributed by atoms with Gasteiger partial charge in [0.15, 0.2) is 0 Å². The second-order valence-corrected chi connectivity index (χ2v) is 5.88. The Morgan fingerprint density at radius 2 is 1.71 bits per heavy atom. The van der Waals surface area contributed by atoms with Crippen LogP contribution in [0.2, 0.25) is 0 Å². The lowest BCUT2D eigenvalue weighted by Gasteiger charge is -2.13. The second kappa shape index (κ2) is 3.52. The maximum Gasteiger partial charge on any atom is 0.0130 e. The van der Waals surface area contributed by atoms with Gasteiger partial charge in [-0.25, -0.2) is 0 Å². The molecule has 3 rings (SSSR count). The van der Waals surface area contributed by atoms with Crippen LogP contribution in [0.1, 0.15) is 57.8 Å². The summed E-state index contributed by atoms with van der Waals surface area (Å²) < 4.78 is 0. The molecule has 3 aliphatic carbocycles. The molecule has 1 unspecified atom stereocenters. The average molecular weight is 193 g/mol. The lowest BCUT2D eigenvalue weighted by atomic mass is 10.0.